The molecule has 9 heteroatoms. The SMILES string of the molecule is CNc1cc(C)c(-n2c(=O)n(CC3CCC(NC(=O)c4cc(Cl)cnc4C)CC3)c3ccccc32)cn1. The molecule has 0 spiro atoms. The van der Waals surface area contributed by atoms with Crippen molar-refractivity contribution in [1.82, 2.24) is 24.4 Å². The van der Waals surface area contributed by atoms with Crippen molar-refractivity contribution in [2.75, 3.05) is 12.4 Å². The molecule has 1 aliphatic carbocycles. The van der Waals surface area contributed by atoms with Crippen molar-refractivity contribution >= 4 is 34.4 Å². The largest absolute Gasteiger partial charge is 0.373 e. The molecule has 1 saturated carbocycles. The number of fused-ring (bicyclic) bond motifs is 1. The fourth-order valence-electron chi connectivity index (χ4n) is 5.29. The molecule has 8 nitrogen and oxygen atoms in total. The van der Waals surface area contributed by atoms with Gasteiger partial charge in [0.25, 0.3) is 5.91 Å². The third-order valence-electron chi connectivity index (χ3n) is 7.34. The van der Waals surface area contributed by atoms with Gasteiger partial charge in [0.1, 0.15) is 5.82 Å². The van der Waals surface area contributed by atoms with Crippen LogP contribution in [0.1, 0.15) is 47.3 Å². The van der Waals surface area contributed by atoms with Crippen LogP contribution in [0.25, 0.3) is 16.7 Å². The van der Waals surface area contributed by atoms with Crippen molar-refractivity contribution in [2.45, 2.75) is 52.1 Å². The van der Waals surface area contributed by atoms with Crippen molar-refractivity contribution in [3.63, 3.8) is 0 Å². The zero-order chi connectivity index (χ0) is 26.1. The summed E-state index contributed by atoms with van der Waals surface area (Å²) in [7, 11) is 1.83. The Bertz CT molecular complexity index is 1520. The highest BCUT2D eigenvalue weighted by atomic mass is 35.5. The van der Waals surface area contributed by atoms with E-state index in [1.807, 2.05) is 55.8 Å². The Morgan fingerprint density at radius 1 is 1.05 bits per heavy atom. The number of aryl methyl sites for hydroxylation is 2. The molecule has 0 aliphatic heterocycles. The number of hydrogen-bond donors (Lipinski definition) is 2. The number of benzene rings is 1. The number of rotatable bonds is 6. The minimum atomic E-state index is -0.136. The van der Waals surface area contributed by atoms with Crippen LogP contribution in [-0.4, -0.2) is 38.1 Å². The summed E-state index contributed by atoms with van der Waals surface area (Å²) in [6, 6.07) is 11.6. The van der Waals surface area contributed by atoms with Gasteiger partial charge in [0.15, 0.2) is 0 Å². The second-order valence-corrected chi connectivity index (χ2v) is 10.2. The van der Waals surface area contributed by atoms with E-state index in [1.165, 1.54) is 0 Å². The monoisotopic (exact) mass is 518 g/mol. The highest BCUT2D eigenvalue weighted by Gasteiger charge is 2.26. The van der Waals surface area contributed by atoms with Crippen LogP contribution >= 0.6 is 11.6 Å². The standard InChI is InChI=1S/C28H31ClN6O2/c1-17-12-26(30-3)32-15-25(17)35-24-7-5-4-6-23(24)34(28(35)37)16-19-8-10-21(11-9-19)33-27(36)22-13-20(29)14-31-18(22)2/h4-7,12-15,19,21H,8-11,16H2,1-3H3,(H,30,32)(H,33,36). The number of pyridine rings is 2. The third kappa shape index (κ3) is 4.98. The molecular formula is C28H31ClN6O2. The Morgan fingerprint density at radius 3 is 2.49 bits per heavy atom. The molecule has 0 unspecified atom stereocenters. The summed E-state index contributed by atoms with van der Waals surface area (Å²) in [4.78, 5) is 35.1. The van der Waals surface area contributed by atoms with Crippen molar-refractivity contribution in [3.8, 4) is 5.69 Å². The van der Waals surface area contributed by atoms with Crippen LogP contribution in [0.4, 0.5) is 5.82 Å². The molecule has 0 bridgehead atoms. The van der Waals surface area contributed by atoms with Crippen LogP contribution in [-0.2, 0) is 6.54 Å². The van der Waals surface area contributed by atoms with Gasteiger partial charge < -0.3 is 10.6 Å². The molecule has 4 aromatic rings. The van der Waals surface area contributed by atoms with Crippen LogP contribution in [0, 0.1) is 19.8 Å². The number of para-hydroxylation sites is 2. The maximum atomic E-state index is 13.7. The molecule has 5 rings (SSSR count). The summed E-state index contributed by atoms with van der Waals surface area (Å²) in [5.74, 6) is 0.984. The highest BCUT2D eigenvalue weighted by Crippen LogP contribution is 2.28. The van der Waals surface area contributed by atoms with Gasteiger partial charge in [-0.2, -0.15) is 0 Å². The summed E-state index contributed by atoms with van der Waals surface area (Å²) in [6.07, 6.45) is 6.90. The minimum Gasteiger partial charge on any atom is -0.373 e. The zero-order valence-corrected chi connectivity index (χ0v) is 22.0. The fourth-order valence-corrected chi connectivity index (χ4v) is 5.44. The first-order chi connectivity index (χ1) is 17.9. The molecular weight excluding hydrogens is 488 g/mol. The Morgan fingerprint density at radius 2 is 1.78 bits per heavy atom. The Labute approximate surface area is 220 Å². The van der Waals surface area contributed by atoms with E-state index in [2.05, 4.69) is 20.6 Å². The average molecular weight is 519 g/mol. The van der Waals surface area contributed by atoms with E-state index in [4.69, 9.17) is 11.6 Å². The van der Waals surface area contributed by atoms with E-state index in [0.717, 1.165) is 53.8 Å². The van der Waals surface area contributed by atoms with Crippen LogP contribution in [0.15, 0.2) is 53.6 Å². The number of amides is 1. The van der Waals surface area contributed by atoms with E-state index >= 15 is 0 Å². The topological polar surface area (TPSA) is 93.8 Å². The summed E-state index contributed by atoms with van der Waals surface area (Å²) in [5, 5.41) is 6.65. The van der Waals surface area contributed by atoms with Gasteiger partial charge in [0, 0.05) is 25.8 Å². The Hall–Kier alpha value is -3.65. The lowest BCUT2D eigenvalue weighted by molar-refractivity contribution is 0.0919. The number of halogens is 1. The van der Waals surface area contributed by atoms with E-state index in [0.29, 0.717) is 28.7 Å². The molecule has 0 atom stereocenters. The molecule has 1 fully saturated rings. The lowest BCUT2D eigenvalue weighted by Crippen LogP contribution is -2.39. The number of imidazole rings is 1. The molecule has 3 heterocycles. The predicted molar refractivity (Wildman–Crippen MR) is 147 cm³/mol. The molecule has 3 aromatic heterocycles. The quantitative estimate of drug-likeness (QED) is 0.379. The fraction of sp³-hybridized carbons (Fsp3) is 0.357. The van der Waals surface area contributed by atoms with Crippen molar-refractivity contribution < 1.29 is 4.79 Å². The summed E-state index contributed by atoms with van der Waals surface area (Å²) < 4.78 is 3.66. The summed E-state index contributed by atoms with van der Waals surface area (Å²) in [5.41, 5.74) is 4.69. The highest BCUT2D eigenvalue weighted by molar-refractivity contribution is 6.30. The van der Waals surface area contributed by atoms with Gasteiger partial charge in [-0.05, 0) is 75.3 Å². The van der Waals surface area contributed by atoms with Gasteiger partial charge in [-0.25, -0.2) is 9.78 Å². The van der Waals surface area contributed by atoms with E-state index in [1.54, 1.807) is 23.0 Å². The Kier molecular flexibility index (Phi) is 7.02. The molecule has 192 valence electrons. The second kappa shape index (κ2) is 10.4. The first-order valence-corrected chi connectivity index (χ1v) is 13.0. The molecule has 2 N–H and O–H groups in total. The molecule has 1 aromatic carbocycles. The smallest absolute Gasteiger partial charge is 0.333 e. The number of carbonyl (C=O) groups is 1. The van der Waals surface area contributed by atoms with E-state index in [9.17, 15) is 9.59 Å². The first-order valence-electron chi connectivity index (χ1n) is 12.6. The number of nitrogens with one attached hydrogen (secondary N) is 2. The van der Waals surface area contributed by atoms with Crippen LogP contribution in [0.5, 0.6) is 0 Å². The molecule has 1 aliphatic rings. The zero-order valence-electron chi connectivity index (χ0n) is 21.3. The third-order valence-corrected chi connectivity index (χ3v) is 7.54. The number of carbonyl (C=O) groups excluding carboxylic acids is 1. The van der Waals surface area contributed by atoms with Gasteiger partial charge in [-0.1, -0.05) is 23.7 Å². The normalized spacial score (nSPS) is 17.6. The lowest BCUT2D eigenvalue weighted by Gasteiger charge is -2.29. The van der Waals surface area contributed by atoms with Crippen LogP contribution in [0.2, 0.25) is 5.02 Å². The van der Waals surface area contributed by atoms with Gasteiger partial charge in [-0.15, -0.1) is 0 Å². The van der Waals surface area contributed by atoms with Gasteiger partial charge >= 0.3 is 5.69 Å². The number of anilines is 1. The van der Waals surface area contributed by atoms with Gasteiger partial charge in [0.05, 0.1) is 39.2 Å². The van der Waals surface area contributed by atoms with Crippen molar-refractivity contribution in [1.29, 1.82) is 0 Å². The lowest BCUT2D eigenvalue weighted by atomic mass is 9.85. The van der Waals surface area contributed by atoms with Gasteiger partial charge in [0.2, 0.25) is 0 Å². The number of hydrogen-bond acceptors (Lipinski definition) is 5. The molecule has 37 heavy (non-hydrogen) atoms. The minimum absolute atomic E-state index is 0.0531. The predicted octanol–water partition coefficient (Wildman–Crippen LogP) is 4.88. The van der Waals surface area contributed by atoms with Crippen molar-refractivity contribution in [3.05, 3.63) is 81.1 Å². The van der Waals surface area contributed by atoms with Crippen LogP contribution < -0.4 is 16.3 Å². The Balaban J connectivity index is 1.33. The summed E-state index contributed by atoms with van der Waals surface area (Å²) >= 11 is 6.04. The van der Waals surface area contributed by atoms with Crippen LogP contribution in [0.3, 0.4) is 0 Å². The molecule has 1 amide bonds. The second-order valence-electron chi connectivity index (χ2n) is 9.80. The number of aromatic nitrogens is 4. The average Bonchev–Trinajstić information content (AvgIpc) is 3.17. The molecule has 0 radical (unpaired) electrons. The maximum Gasteiger partial charge on any atom is 0.333 e. The maximum absolute atomic E-state index is 13.7. The summed E-state index contributed by atoms with van der Waals surface area (Å²) in [6.45, 7) is 4.45. The first kappa shape index (κ1) is 25.0. The van der Waals surface area contributed by atoms with Crippen molar-refractivity contribution in [2.24, 2.45) is 5.92 Å². The van der Waals surface area contributed by atoms with Gasteiger partial charge in [-0.3, -0.25) is 18.9 Å². The van der Waals surface area contributed by atoms with E-state index < -0.39 is 0 Å². The van der Waals surface area contributed by atoms with E-state index in [-0.39, 0.29) is 17.6 Å². The molecule has 0 saturated heterocycles. The number of nitrogens with zero attached hydrogens (tertiary/aromatic N) is 4.